The molecule has 0 aliphatic heterocycles. The first kappa shape index (κ1) is 9.21. The molecule has 0 rings (SSSR count). The fourth-order valence-electron chi connectivity index (χ4n) is 0.468. The zero-order valence-corrected chi connectivity index (χ0v) is 7.27. The Hall–Kier alpha value is 0.210. The van der Waals surface area contributed by atoms with Crippen LogP contribution < -0.4 is 0 Å². The highest BCUT2D eigenvalue weighted by Crippen LogP contribution is 2.05. The molecule has 0 aromatic rings. The van der Waals surface area contributed by atoms with Crippen LogP contribution in [0.4, 0.5) is 0 Å². The first-order valence-electron chi connectivity index (χ1n) is 3.13. The SMILES string of the molecule is CC[N+](C)(C)OC(C)Cl. The third-order valence-corrected chi connectivity index (χ3v) is 1.27. The molecular formula is C6H15ClNO+. The highest BCUT2D eigenvalue weighted by atomic mass is 35.5. The summed E-state index contributed by atoms with van der Waals surface area (Å²) >= 11 is 5.60. The number of quaternary nitrogens is 1. The number of halogens is 1. The van der Waals surface area contributed by atoms with E-state index in [-0.39, 0.29) is 5.56 Å². The van der Waals surface area contributed by atoms with Crippen molar-refractivity contribution >= 4 is 11.6 Å². The third kappa shape index (κ3) is 4.70. The summed E-state index contributed by atoms with van der Waals surface area (Å²) in [6, 6.07) is 0. The predicted octanol–water partition coefficient (Wildman–Crippen LogP) is 1.60. The van der Waals surface area contributed by atoms with Gasteiger partial charge in [-0.2, -0.15) is 9.48 Å². The van der Waals surface area contributed by atoms with Crippen LogP contribution in [0, 0.1) is 0 Å². The number of rotatable bonds is 3. The summed E-state index contributed by atoms with van der Waals surface area (Å²) in [5, 5.41) is 0. The van der Waals surface area contributed by atoms with E-state index in [4.69, 9.17) is 16.4 Å². The summed E-state index contributed by atoms with van der Waals surface area (Å²) in [7, 11) is 3.94. The monoisotopic (exact) mass is 152 g/mol. The molecule has 3 heteroatoms. The van der Waals surface area contributed by atoms with Crippen LogP contribution in [0.3, 0.4) is 0 Å². The summed E-state index contributed by atoms with van der Waals surface area (Å²) in [6.45, 7) is 4.80. The minimum absolute atomic E-state index is 0.208. The van der Waals surface area contributed by atoms with Crippen LogP contribution in [0.5, 0.6) is 0 Å². The van der Waals surface area contributed by atoms with Crippen LogP contribution in [-0.2, 0) is 4.84 Å². The molecular weight excluding hydrogens is 138 g/mol. The Bertz CT molecular complexity index is 83.1. The Kier molecular flexibility index (Phi) is 3.48. The van der Waals surface area contributed by atoms with Crippen molar-refractivity contribution in [2.75, 3.05) is 20.6 Å². The van der Waals surface area contributed by atoms with Gasteiger partial charge in [-0.25, -0.2) is 0 Å². The van der Waals surface area contributed by atoms with Crippen molar-refractivity contribution in [1.82, 2.24) is 0 Å². The van der Waals surface area contributed by atoms with E-state index in [0.717, 1.165) is 6.54 Å². The molecule has 0 aromatic heterocycles. The van der Waals surface area contributed by atoms with E-state index in [1.165, 1.54) is 0 Å². The van der Waals surface area contributed by atoms with Crippen molar-refractivity contribution in [3.8, 4) is 0 Å². The van der Waals surface area contributed by atoms with Gasteiger partial charge in [0.1, 0.15) is 6.54 Å². The number of hydrogen-bond acceptors (Lipinski definition) is 1. The molecule has 0 heterocycles. The normalized spacial score (nSPS) is 15.7. The summed E-state index contributed by atoms with van der Waals surface area (Å²) in [6.07, 6.45) is 0. The second kappa shape index (κ2) is 3.40. The van der Waals surface area contributed by atoms with Gasteiger partial charge in [0, 0.05) is 0 Å². The van der Waals surface area contributed by atoms with Gasteiger partial charge >= 0.3 is 0 Å². The molecule has 2 nitrogen and oxygen atoms in total. The first-order chi connectivity index (χ1) is 3.98. The van der Waals surface area contributed by atoms with Crippen molar-refractivity contribution in [2.45, 2.75) is 19.4 Å². The third-order valence-electron chi connectivity index (χ3n) is 1.19. The molecule has 0 saturated heterocycles. The lowest BCUT2D eigenvalue weighted by atomic mass is 10.7. The summed E-state index contributed by atoms with van der Waals surface area (Å²) < 4.78 is 0.519. The zero-order chi connectivity index (χ0) is 7.49. The Morgan fingerprint density at radius 3 is 2.11 bits per heavy atom. The fourth-order valence-corrected chi connectivity index (χ4v) is 0.683. The maximum atomic E-state index is 5.60. The number of hydrogen-bond donors (Lipinski definition) is 0. The second-order valence-corrected chi connectivity index (χ2v) is 3.15. The van der Waals surface area contributed by atoms with Crippen LogP contribution in [0.15, 0.2) is 0 Å². The average Bonchev–Trinajstić information content (AvgIpc) is 1.63. The maximum Gasteiger partial charge on any atom is 0.187 e. The van der Waals surface area contributed by atoms with Crippen LogP contribution in [-0.4, -0.2) is 30.8 Å². The van der Waals surface area contributed by atoms with Gasteiger partial charge < -0.3 is 0 Å². The van der Waals surface area contributed by atoms with Gasteiger partial charge in [-0.3, -0.25) is 0 Å². The Labute approximate surface area is 61.9 Å². The van der Waals surface area contributed by atoms with Crippen LogP contribution in [0.1, 0.15) is 13.8 Å². The van der Waals surface area contributed by atoms with Crippen LogP contribution >= 0.6 is 11.6 Å². The summed E-state index contributed by atoms with van der Waals surface area (Å²) in [5.74, 6) is 0. The lowest BCUT2D eigenvalue weighted by molar-refractivity contribution is -1.08. The van der Waals surface area contributed by atoms with Crippen molar-refractivity contribution in [2.24, 2.45) is 0 Å². The molecule has 9 heavy (non-hydrogen) atoms. The van der Waals surface area contributed by atoms with Crippen LogP contribution in [0.2, 0.25) is 0 Å². The second-order valence-electron chi connectivity index (χ2n) is 2.54. The quantitative estimate of drug-likeness (QED) is 0.339. The van der Waals surface area contributed by atoms with Gasteiger partial charge in [0.25, 0.3) is 0 Å². The minimum atomic E-state index is -0.208. The Morgan fingerprint density at radius 2 is 2.00 bits per heavy atom. The van der Waals surface area contributed by atoms with Crippen molar-refractivity contribution in [3.05, 3.63) is 0 Å². The molecule has 1 unspecified atom stereocenters. The number of nitrogens with zero attached hydrogens (tertiary/aromatic N) is 1. The van der Waals surface area contributed by atoms with Crippen molar-refractivity contribution < 1.29 is 9.48 Å². The fraction of sp³-hybridized carbons (Fsp3) is 1.00. The van der Waals surface area contributed by atoms with Crippen molar-refractivity contribution in [3.63, 3.8) is 0 Å². The lowest BCUT2D eigenvalue weighted by Crippen LogP contribution is -2.40. The molecule has 0 saturated carbocycles. The maximum absolute atomic E-state index is 5.60. The van der Waals surface area contributed by atoms with E-state index >= 15 is 0 Å². The zero-order valence-electron chi connectivity index (χ0n) is 6.52. The minimum Gasteiger partial charge on any atom is -0.184 e. The van der Waals surface area contributed by atoms with Gasteiger partial charge in [-0.1, -0.05) is 11.6 Å². The van der Waals surface area contributed by atoms with E-state index in [0.29, 0.717) is 4.65 Å². The van der Waals surface area contributed by atoms with Gasteiger partial charge in [-0.05, 0) is 13.8 Å². The Balaban J connectivity index is 3.58. The van der Waals surface area contributed by atoms with Gasteiger partial charge in [-0.15, -0.1) is 0 Å². The first-order valence-corrected chi connectivity index (χ1v) is 3.57. The van der Waals surface area contributed by atoms with E-state index < -0.39 is 0 Å². The van der Waals surface area contributed by atoms with E-state index in [1.807, 2.05) is 21.0 Å². The average molecular weight is 153 g/mol. The van der Waals surface area contributed by atoms with Gasteiger partial charge in [0.05, 0.1) is 14.1 Å². The lowest BCUT2D eigenvalue weighted by Gasteiger charge is -2.26. The molecule has 0 aromatic carbocycles. The predicted molar refractivity (Wildman–Crippen MR) is 39.0 cm³/mol. The molecule has 0 N–H and O–H groups in total. The summed E-state index contributed by atoms with van der Waals surface area (Å²) in [4.78, 5) is 5.29. The largest absolute Gasteiger partial charge is 0.187 e. The standard InChI is InChI=1S/C6H15ClNO/c1-5-8(3,4)9-6(2)7/h6H,5H2,1-4H3/q+1. The van der Waals surface area contributed by atoms with Gasteiger partial charge in [0.15, 0.2) is 5.56 Å². The van der Waals surface area contributed by atoms with Crippen LogP contribution in [0.25, 0.3) is 0 Å². The molecule has 0 aliphatic carbocycles. The molecule has 0 fully saturated rings. The highest BCUT2D eigenvalue weighted by Gasteiger charge is 2.15. The highest BCUT2D eigenvalue weighted by molar-refractivity contribution is 6.19. The smallest absolute Gasteiger partial charge is 0.184 e. The summed E-state index contributed by atoms with van der Waals surface area (Å²) in [5.41, 5.74) is -0.208. The van der Waals surface area contributed by atoms with E-state index in [2.05, 4.69) is 6.92 Å². The van der Waals surface area contributed by atoms with Gasteiger partial charge in [0.2, 0.25) is 0 Å². The number of hydroxylamine groups is 3. The topological polar surface area (TPSA) is 9.23 Å². The van der Waals surface area contributed by atoms with E-state index in [9.17, 15) is 0 Å². The molecule has 0 spiro atoms. The number of alkyl halides is 1. The molecule has 1 atom stereocenters. The molecule has 56 valence electrons. The molecule has 0 amide bonds. The molecule has 0 radical (unpaired) electrons. The molecule has 0 aliphatic rings. The van der Waals surface area contributed by atoms with E-state index in [1.54, 1.807) is 0 Å². The van der Waals surface area contributed by atoms with Crippen molar-refractivity contribution in [1.29, 1.82) is 0 Å². The molecule has 0 bridgehead atoms. The Morgan fingerprint density at radius 1 is 1.56 bits per heavy atom.